The first-order valence-electron chi connectivity index (χ1n) is 5.29. The van der Waals surface area contributed by atoms with Gasteiger partial charge in [0.15, 0.2) is 0 Å². The number of carboxylic acid groups (broad SMARTS) is 1. The van der Waals surface area contributed by atoms with E-state index in [1.165, 1.54) is 0 Å². The molecule has 3 N–H and O–H groups in total. The maximum atomic E-state index is 11.4. The summed E-state index contributed by atoms with van der Waals surface area (Å²) in [6.07, 6.45) is -0.134. The number of benzene rings is 1. The van der Waals surface area contributed by atoms with Crippen LogP contribution in [0.1, 0.15) is 17.5 Å². The van der Waals surface area contributed by atoms with E-state index in [2.05, 4.69) is 10.6 Å². The van der Waals surface area contributed by atoms with Gasteiger partial charge in [0.05, 0.1) is 18.1 Å². The van der Waals surface area contributed by atoms with E-state index >= 15 is 0 Å². The summed E-state index contributed by atoms with van der Waals surface area (Å²) in [5.74, 6) is -0.974. The lowest BCUT2D eigenvalue weighted by molar-refractivity contribution is -0.136. The minimum Gasteiger partial charge on any atom is -0.481 e. The molecule has 94 valence electrons. The molecule has 0 atom stereocenters. The normalized spacial score (nSPS) is 9.33. The van der Waals surface area contributed by atoms with Crippen molar-refractivity contribution in [3.63, 3.8) is 0 Å². The van der Waals surface area contributed by atoms with Crippen LogP contribution in [0.3, 0.4) is 0 Å². The Hall–Kier alpha value is -2.55. The number of amides is 2. The van der Waals surface area contributed by atoms with Gasteiger partial charge in [-0.3, -0.25) is 4.79 Å². The Bertz CT molecular complexity index is 506. The molecule has 0 unspecified atom stereocenters. The summed E-state index contributed by atoms with van der Waals surface area (Å²) in [6, 6.07) is 6.46. The van der Waals surface area contributed by atoms with Gasteiger partial charge >= 0.3 is 12.0 Å². The second kappa shape index (κ2) is 6.25. The Morgan fingerprint density at radius 3 is 2.72 bits per heavy atom. The van der Waals surface area contributed by atoms with Crippen LogP contribution >= 0.6 is 0 Å². The Labute approximate surface area is 104 Å². The van der Waals surface area contributed by atoms with Gasteiger partial charge in [0.25, 0.3) is 0 Å². The SMILES string of the molecule is Cc1cc(C#N)cc(NC(=O)NCCC(=O)O)c1. The Kier molecular flexibility index (Phi) is 4.69. The molecular weight excluding hydrogens is 234 g/mol. The number of rotatable bonds is 4. The van der Waals surface area contributed by atoms with E-state index in [0.717, 1.165) is 5.56 Å². The van der Waals surface area contributed by atoms with Gasteiger partial charge in [-0.15, -0.1) is 0 Å². The molecule has 1 aromatic carbocycles. The third kappa shape index (κ3) is 4.53. The summed E-state index contributed by atoms with van der Waals surface area (Å²) in [4.78, 5) is 21.7. The van der Waals surface area contributed by atoms with Crippen molar-refractivity contribution in [1.82, 2.24) is 5.32 Å². The number of aliphatic carboxylic acids is 1. The standard InChI is InChI=1S/C12H13N3O3/c1-8-4-9(7-13)6-10(5-8)15-12(18)14-3-2-11(16)17/h4-6H,2-3H2,1H3,(H,16,17)(H2,14,15,18). The second-order valence-corrected chi connectivity index (χ2v) is 3.72. The Balaban J connectivity index is 2.57. The average molecular weight is 247 g/mol. The molecule has 1 aromatic rings. The summed E-state index contributed by atoms with van der Waals surface area (Å²) >= 11 is 0. The molecule has 0 bridgehead atoms. The predicted molar refractivity (Wildman–Crippen MR) is 65.2 cm³/mol. The molecule has 0 aromatic heterocycles. The lowest BCUT2D eigenvalue weighted by Crippen LogP contribution is -2.30. The predicted octanol–water partition coefficient (Wildman–Crippen LogP) is 1.46. The van der Waals surface area contributed by atoms with E-state index in [1.807, 2.05) is 13.0 Å². The number of aryl methyl sites for hydroxylation is 1. The Morgan fingerprint density at radius 2 is 2.11 bits per heavy atom. The second-order valence-electron chi connectivity index (χ2n) is 3.72. The highest BCUT2D eigenvalue weighted by Crippen LogP contribution is 2.13. The van der Waals surface area contributed by atoms with E-state index in [9.17, 15) is 9.59 Å². The molecule has 0 heterocycles. The molecule has 18 heavy (non-hydrogen) atoms. The van der Waals surface area contributed by atoms with Gasteiger partial charge < -0.3 is 15.7 Å². The van der Waals surface area contributed by atoms with Crippen molar-refractivity contribution in [2.24, 2.45) is 0 Å². The van der Waals surface area contributed by atoms with Crippen LogP contribution in [0.25, 0.3) is 0 Å². The molecule has 0 spiro atoms. The zero-order valence-corrected chi connectivity index (χ0v) is 9.86. The summed E-state index contributed by atoms with van der Waals surface area (Å²) in [7, 11) is 0. The summed E-state index contributed by atoms with van der Waals surface area (Å²) in [6.45, 7) is 1.87. The first-order valence-corrected chi connectivity index (χ1v) is 5.29. The van der Waals surface area contributed by atoms with Crippen molar-refractivity contribution < 1.29 is 14.7 Å². The van der Waals surface area contributed by atoms with Crippen molar-refractivity contribution in [1.29, 1.82) is 5.26 Å². The van der Waals surface area contributed by atoms with Gasteiger partial charge in [0.1, 0.15) is 0 Å². The van der Waals surface area contributed by atoms with Gasteiger partial charge in [-0.05, 0) is 30.7 Å². The largest absolute Gasteiger partial charge is 0.481 e. The monoisotopic (exact) mass is 247 g/mol. The van der Waals surface area contributed by atoms with Crippen molar-refractivity contribution >= 4 is 17.7 Å². The summed E-state index contributed by atoms with van der Waals surface area (Å²) in [5, 5.41) is 22.1. The maximum absolute atomic E-state index is 11.4. The first-order chi connectivity index (χ1) is 8.51. The van der Waals surface area contributed by atoms with Crippen molar-refractivity contribution in [3.8, 4) is 6.07 Å². The fourth-order valence-corrected chi connectivity index (χ4v) is 1.38. The molecule has 0 saturated carbocycles. The van der Waals surface area contributed by atoms with Crippen LogP contribution in [0.5, 0.6) is 0 Å². The van der Waals surface area contributed by atoms with Crippen LogP contribution in [-0.2, 0) is 4.79 Å². The molecule has 0 saturated heterocycles. The van der Waals surface area contributed by atoms with E-state index in [1.54, 1.807) is 18.2 Å². The van der Waals surface area contributed by atoms with Crippen LogP contribution in [0.15, 0.2) is 18.2 Å². The van der Waals surface area contributed by atoms with Gasteiger partial charge in [-0.25, -0.2) is 4.79 Å². The number of nitriles is 1. The number of nitrogens with zero attached hydrogens (tertiary/aromatic N) is 1. The zero-order chi connectivity index (χ0) is 13.5. The number of hydrogen-bond donors (Lipinski definition) is 3. The topological polar surface area (TPSA) is 102 Å². The molecular formula is C12H13N3O3. The van der Waals surface area contributed by atoms with Crippen LogP contribution in [-0.4, -0.2) is 23.7 Å². The third-order valence-corrected chi connectivity index (χ3v) is 2.09. The van der Waals surface area contributed by atoms with Crippen LogP contribution < -0.4 is 10.6 Å². The third-order valence-electron chi connectivity index (χ3n) is 2.09. The van der Waals surface area contributed by atoms with Gasteiger partial charge in [-0.2, -0.15) is 5.26 Å². The van der Waals surface area contributed by atoms with Crippen LogP contribution in [0.4, 0.5) is 10.5 Å². The molecule has 2 amide bonds. The van der Waals surface area contributed by atoms with Crippen molar-refractivity contribution in [2.75, 3.05) is 11.9 Å². The molecule has 1 rings (SSSR count). The number of carboxylic acids is 1. The maximum Gasteiger partial charge on any atom is 0.319 e. The average Bonchev–Trinajstić information content (AvgIpc) is 2.27. The molecule has 6 nitrogen and oxygen atoms in total. The minimum absolute atomic E-state index is 0.0537. The van der Waals surface area contributed by atoms with Crippen molar-refractivity contribution in [3.05, 3.63) is 29.3 Å². The lowest BCUT2D eigenvalue weighted by Gasteiger charge is -2.07. The highest BCUT2D eigenvalue weighted by molar-refractivity contribution is 5.89. The van der Waals surface area contributed by atoms with E-state index < -0.39 is 12.0 Å². The number of anilines is 1. The van der Waals surface area contributed by atoms with Crippen LogP contribution in [0.2, 0.25) is 0 Å². The van der Waals surface area contributed by atoms with Crippen LogP contribution in [0, 0.1) is 18.3 Å². The molecule has 0 aliphatic carbocycles. The lowest BCUT2D eigenvalue weighted by atomic mass is 10.1. The molecule has 0 aliphatic rings. The fraction of sp³-hybridized carbons (Fsp3) is 0.250. The van der Waals surface area contributed by atoms with E-state index in [-0.39, 0.29) is 13.0 Å². The molecule has 6 heteroatoms. The molecule has 0 fully saturated rings. The number of nitrogens with one attached hydrogen (secondary N) is 2. The Morgan fingerprint density at radius 1 is 1.39 bits per heavy atom. The number of hydrogen-bond acceptors (Lipinski definition) is 3. The van der Waals surface area contributed by atoms with E-state index in [4.69, 9.17) is 10.4 Å². The van der Waals surface area contributed by atoms with Gasteiger partial charge in [0, 0.05) is 12.2 Å². The summed E-state index contributed by atoms with van der Waals surface area (Å²) < 4.78 is 0. The fourth-order valence-electron chi connectivity index (χ4n) is 1.38. The first kappa shape index (κ1) is 13.5. The molecule has 0 radical (unpaired) electrons. The highest BCUT2D eigenvalue weighted by Gasteiger charge is 2.04. The summed E-state index contributed by atoms with van der Waals surface area (Å²) in [5.41, 5.74) is 1.81. The van der Waals surface area contributed by atoms with Gasteiger partial charge in [-0.1, -0.05) is 0 Å². The minimum atomic E-state index is -0.974. The van der Waals surface area contributed by atoms with Crippen molar-refractivity contribution in [2.45, 2.75) is 13.3 Å². The van der Waals surface area contributed by atoms with E-state index in [0.29, 0.717) is 11.3 Å². The number of carbonyl (C=O) groups excluding carboxylic acids is 1. The molecule has 0 aliphatic heterocycles. The highest BCUT2D eigenvalue weighted by atomic mass is 16.4. The smallest absolute Gasteiger partial charge is 0.319 e. The number of carbonyl (C=O) groups is 2. The number of urea groups is 1. The van der Waals surface area contributed by atoms with Gasteiger partial charge in [0.2, 0.25) is 0 Å². The quantitative estimate of drug-likeness (QED) is 0.749. The zero-order valence-electron chi connectivity index (χ0n) is 9.86.